The van der Waals surface area contributed by atoms with E-state index in [0.29, 0.717) is 12.8 Å². The zero-order chi connectivity index (χ0) is 37.1. The average Bonchev–Trinajstić information content (AvgIpc) is 3.13. The van der Waals surface area contributed by atoms with E-state index in [4.69, 9.17) is 0 Å². The third-order valence-electron chi connectivity index (χ3n) is 11.4. The minimum Gasteiger partial charge on any atom is -0.394 e. The fraction of sp³-hybridized carbons (Fsp3) is 0.979. The molecule has 2 atom stereocenters. The van der Waals surface area contributed by atoms with E-state index in [1.165, 1.54) is 225 Å². The highest BCUT2D eigenvalue weighted by Crippen LogP contribution is 2.17. The van der Waals surface area contributed by atoms with Crippen LogP contribution in [0.5, 0.6) is 0 Å². The first-order chi connectivity index (χ1) is 25.2. The second kappa shape index (κ2) is 43.8. The molecule has 0 spiro atoms. The highest BCUT2D eigenvalue weighted by molar-refractivity contribution is 5.76. The highest BCUT2D eigenvalue weighted by atomic mass is 16.3. The van der Waals surface area contributed by atoms with E-state index in [2.05, 4.69) is 19.2 Å². The Morgan fingerprint density at radius 1 is 0.392 bits per heavy atom. The van der Waals surface area contributed by atoms with Gasteiger partial charge in [-0.05, 0) is 12.8 Å². The van der Waals surface area contributed by atoms with Gasteiger partial charge in [-0.3, -0.25) is 4.79 Å². The Balaban J connectivity index is 3.45. The molecule has 0 aromatic rings. The van der Waals surface area contributed by atoms with Gasteiger partial charge in [0.25, 0.3) is 0 Å². The van der Waals surface area contributed by atoms with Crippen LogP contribution in [0.2, 0.25) is 0 Å². The zero-order valence-corrected chi connectivity index (χ0v) is 35.2. The summed E-state index contributed by atoms with van der Waals surface area (Å²) in [5.41, 5.74) is 0. The summed E-state index contributed by atoms with van der Waals surface area (Å²) in [4.78, 5) is 12.4. The Morgan fingerprint density at radius 3 is 0.882 bits per heavy atom. The molecule has 4 heteroatoms. The fourth-order valence-corrected chi connectivity index (χ4v) is 7.72. The summed E-state index contributed by atoms with van der Waals surface area (Å²) >= 11 is 0. The van der Waals surface area contributed by atoms with Gasteiger partial charge in [0.05, 0.1) is 18.8 Å². The van der Waals surface area contributed by atoms with Crippen molar-refractivity contribution in [3.63, 3.8) is 0 Å². The molecule has 0 aliphatic carbocycles. The lowest BCUT2D eigenvalue weighted by atomic mass is 10.0. The third kappa shape index (κ3) is 40.4. The summed E-state index contributed by atoms with van der Waals surface area (Å²) in [5.74, 6) is -0.0244. The molecule has 2 unspecified atom stereocenters. The van der Waals surface area contributed by atoms with Gasteiger partial charge in [0.2, 0.25) is 5.91 Å². The zero-order valence-electron chi connectivity index (χ0n) is 35.2. The van der Waals surface area contributed by atoms with E-state index in [1.807, 2.05) is 0 Å². The van der Waals surface area contributed by atoms with Crippen molar-refractivity contribution in [1.82, 2.24) is 5.32 Å². The summed E-state index contributed by atoms with van der Waals surface area (Å²) in [6.45, 7) is 4.39. The van der Waals surface area contributed by atoms with E-state index >= 15 is 0 Å². The molecule has 0 radical (unpaired) electrons. The van der Waals surface area contributed by atoms with Gasteiger partial charge in [-0.15, -0.1) is 0 Å². The first-order valence-electron chi connectivity index (χ1n) is 23.7. The van der Waals surface area contributed by atoms with Crippen molar-refractivity contribution in [3.05, 3.63) is 0 Å². The van der Waals surface area contributed by atoms with Crippen LogP contribution >= 0.6 is 0 Å². The van der Waals surface area contributed by atoms with Crippen molar-refractivity contribution < 1.29 is 15.0 Å². The Hall–Kier alpha value is -0.610. The second-order valence-electron chi connectivity index (χ2n) is 16.5. The van der Waals surface area contributed by atoms with Crippen LogP contribution in [0, 0.1) is 0 Å². The van der Waals surface area contributed by atoms with Crippen LogP contribution in [-0.4, -0.2) is 34.9 Å². The number of aliphatic hydroxyl groups excluding tert-OH is 2. The number of nitrogens with one attached hydrogen (secondary N) is 1. The van der Waals surface area contributed by atoms with Crippen molar-refractivity contribution >= 4 is 5.91 Å². The molecule has 0 saturated heterocycles. The number of carbonyl (C=O) groups is 1. The number of rotatable bonds is 44. The molecule has 306 valence electrons. The first kappa shape index (κ1) is 50.4. The number of amides is 1. The summed E-state index contributed by atoms with van der Waals surface area (Å²) in [7, 11) is 0. The minimum absolute atomic E-state index is 0.0244. The Kier molecular flexibility index (Phi) is 43.3. The molecule has 0 bridgehead atoms. The van der Waals surface area contributed by atoms with Crippen LogP contribution in [0.3, 0.4) is 0 Å². The van der Waals surface area contributed by atoms with Crippen LogP contribution in [0.25, 0.3) is 0 Å². The average molecular weight is 722 g/mol. The normalized spacial score (nSPS) is 12.8. The molecule has 4 nitrogen and oxygen atoms in total. The van der Waals surface area contributed by atoms with E-state index in [0.717, 1.165) is 25.7 Å². The summed E-state index contributed by atoms with van der Waals surface area (Å²) in [6.07, 6.45) is 53.3. The Bertz CT molecular complexity index is 655. The molecular weight excluding hydrogens is 627 g/mol. The van der Waals surface area contributed by atoms with Gasteiger partial charge < -0.3 is 15.5 Å². The molecule has 0 aliphatic rings. The lowest BCUT2D eigenvalue weighted by Crippen LogP contribution is -2.45. The van der Waals surface area contributed by atoms with Crippen molar-refractivity contribution in [2.24, 2.45) is 0 Å². The standard InChI is InChI=1S/C47H95NO3/c1-3-5-7-9-11-13-15-17-19-21-23-25-27-29-31-33-35-37-39-41-43-47(51)48-45(44-49)46(50)42-40-38-36-34-32-30-28-26-24-22-20-18-16-14-12-10-8-6-4-2/h45-46,49-50H,3-44H2,1-2H3,(H,48,51). The van der Waals surface area contributed by atoms with E-state index in [9.17, 15) is 15.0 Å². The molecule has 0 heterocycles. The van der Waals surface area contributed by atoms with Crippen molar-refractivity contribution in [2.75, 3.05) is 6.61 Å². The first-order valence-corrected chi connectivity index (χ1v) is 23.7. The topological polar surface area (TPSA) is 69.6 Å². The predicted molar refractivity (Wildman–Crippen MR) is 226 cm³/mol. The molecule has 0 fully saturated rings. The lowest BCUT2D eigenvalue weighted by Gasteiger charge is -2.22. The maximum absolute atomic E-state index is 12.4. The molecule has 51 heavy (non-hydrogen) atoms. The number of unbranched alkanes of at least 4 members (excludes halogenated alkanes) is 37. The highest BCUT2D eigenvalue weighted by Gasteiger charge is 2.20. The van der Waals surface area contributed by atoms with E-state index in [1.54, 1.807) is 0 Å². The monoisotopic (exact) mass is 722 g/mol. The van der Waals surface area contributed by atoms with Gasteiger partial charge in [0.1, 0.15) is 0 Å². The molecule has 0 saturated carbocycles. The maximum atomic E-state index is 12.4. The van der Waals surface area contributed by atoms with Gasteiger partial charge in [0, 0.05) is 6.42 Å². The second-order valence-corrected chi connectivity index (χ2v) is 16.5. The van der Waals surface area contributed by atoms with Gasteiger partial charge >= 0.3 is 0 Å². The molecular formula is C47H95NO3. The van der Waals surface area contributed by atoms with Gasteiger partial charge in [-0.2, -0.15) is 0 Å². The Morgan fingerprint density at radius 2 is 0.627 bits per heavy atom. The number of aliphatic hydroxyl groups is 2. The third-order valence-corrected chi connectivity index (χ3v) is 11.4. The number of hydrogen-bond donors (Lipinski definition) is 3. The SMILES string of the molecule is CCCCCCCCCCCCCCCCCCCCCCC(=O)NC(CO)C(O)CCCCCCCCCCCCCCCCCCCCC. The summed E-state index contributed by atoms with van der Waals surface area (Å²) in [6, 6.07) is -0.529. The Labute approximate surface area is 321 Å². The van der Waals surface area contributed by atoms with Crippen LogP contribution in [0.4, 0.5) is 0 Å². The maximum Gasteiger partial charge on any atom is 0.220 e. The molecule has 3 N–H and O–H groups in total. The van der Waals surface area contributed by atoms with Crippen molar-refractivity contribution in [3.8, 4) is 0 Å². The van der Waals surface area contributed by atoms with E-state index in [-0.39, 0.29) is 12.5 Å². The van der Waals surface area contributed by atoms with Gasteiger partial charge in [-0.25, -0.2) is 0 Å². The van der Waals surface area contributed by atoms with Crippen molar-refractivity contribution in [1.29, 1.82) is 0 Å². The van der Waals surface area contributed by atoms with Crippen LogP contribution in [-0.2, 0) is 4.79 Å². The van der Waals surface area contributed by atoms with Crippen LogP contribution < -0.4 is 5.32 Å². The number of carbonyl (C=O) groups excluding carboxylic acids is 1. The molecule has 0 aromatic carbocycles. The minimum atomic E-state index is -0.653. The lowest BCUT2D eigenvalue weighted by molar-refractivity contribution is -0.123. The van der Waals surface area contributed by atoms with Gasteiger partial charge in [-0.1, -0.05) is 258 Å². The quantitative estimate of drug-likeness (QED) is 0.0549. The molecule has 1 amide bonds. The smallest absolute Gasteiger partial charge is 0.220 e. The summed E-state index contributed by atoms with van der Waals surface area (Å²) in [5, 5.41) is 23.2. The van der Waals surface area contributed by atoms with Gasteiger partial charge in [0.15, 0.2) is 0 Å². The molecule has 0 rings (SSSR count). The fourth-order valence-electron chi connectivity index (χ4n) is 7.72. The number of hydrogen-bond acceptors (Lipinski definition) is 3. The van der Waals surface area contributed by atoms with Crippen LogP contribution in [0.15, 0.2) is 0 Å². The van der Waals surface area contributed by atoms with Crippen molar-refractivity contribution in [2.45, 2.75) is 289 Å². The predicted octanol–water partition coefficient (Wildman–Crippen LogP) is 14.9. The molecule has 0 aliphatic heterocycles. The summed E-state index contributed by atoms with van der Waals surface area (Å²) < 4.78 is 0. The van der Waals surface area contributed by atoms with Crippen LogP contribution in [0.1, 0.15) is 277 Å². The van der Waals surface area contributed by atoms with E-state index < -0.39 is 12.1 Å². The largest absolute Gasteiger partial charge is 0.394 e. The molecule has 0 aromatic heterocycles.